The zero-order valence-electron chi connectivity index (χ0n) is 18.0. The van der Waals surface area contributed by atoms with E-state index in [0.29, 0.717) is 43.9 Å². The molecule has 0 bridgehead atoms. The smallest absolute Gasteiger partial charge is 0.339 e. The van der Waals surface area contributed by atoms with E-state index < -0.39 is 6.03 Å². The van der Waals surface area contributed by atoms with Crippen molar-refractivity contribution in [2.24, 2.45) is 5.10 Å². The molecule has 0 atom stereocenters. The fourth-order valence-electron chi connectivity index (χ4n) is 2.88. The van der Waals surface area contributed by atoms with Gasteiger partial charge in [0.25, 0.3) is 0 Å². The van der Waals surface area contributed by atoms with Gasteiger partial charge in [0.15, 0.2) is 11.5 Å². The lowest BCUT2D eigenvalue weighted by atomic mass is 10.2. The van der Waals surface area contributed by atoms with Gasteiger partial charge in [0.1, 0.15) is 6.61 Å². The lowest BCUT2D eigenvalue weighted by molar-refractivity contribution is 0.252. The van der Waals surface area contributed by atoms with Gasteiger partial charge in [0.2, 0.25) is 0 Å². The van der Waals surface area contributed by atoms with Gasteiger partial charge in [-0.2, -0.15) is 5.10 Å². The summed E-state index contributed by atoms with van der Waals surface area (Å²) >= 11 is 15.7. The first-order chi connectivity index (χ1) is 15.9. The summed E-state index contributed by atoms with van der Waals surface area (Å²) in [5.74, 6) is 1.06. The Balaban J connectivity index is 1.69. The number of nitrogens with one attached hydrogen (secondary N) is 2. The van der Waals surface area contributed by atoms with Crippen LogP contribution in [0.25, 0.3) is 0 Å². The lowest BCUT2D eigenvalue weighted by Gasteiger charge is -2.15. The van der Waals surface area contributed by atoms with Crippen LogP contribution in [0.2, 0.25) is 10.0 Å². The normalized spacial score (nSPS) is 10.8. The third-order valence-corrected chi connectivity index (χ3v) is 5.67. The van der Waals surface area contributed by atoms with Crippen LogP contribution in [0.1, 0.15) is 23.6 Å². The van der Waals surface area contributed by atoms with Crippen molar-refractivity contribution in [2.75, 3.05) is 11.9 Å². The number of amides is 2. The highest BCUT2D eigenvalue weighted by molar-refractivity contribution is 9.10. The first-order valence-corrected chi connectivity index (χ1v) is 11.6. The Morgan fingerprint density at radius 2 is 1.91 bits per heavy atom. The van der Waals surface area contributed by atoms with E-state index in [1.165, 1.54) is 6.21 Å². The molecule has 0 saturated carbocycles. The van der Waals surface area contributed by atoms with Gasteiger partial charge in [0.05, 0.1) is 17.3 Å². The number of carbonyl (C=O) groups is 1. The summed E-state index contributed by atoms with van der Waals surface area (Å²) in [5.41, 5.74) is 5.63. The Hall–Kier alpha value is -2.74. The first kappa shape index (κ1) is 24.9. The zero-order valence-corrected chi connectivity index (χ0v) is 21.1. The van der Waals surface area contributed by atoms with Gasteiger partial charge in [-0.05, 0) is 71.2 Å². The molecule has 2 N–H and O–H groups in total. The topological polar surface area (TPSA) is 72.0 Å². The number of nitrogens with zero attached hydrogens (tertiary/aromatic N) is 1. The van der Waals surface area contributed by atoms with Crippen molar-refractivity contribution in [1.82, 2.24) is 5.43 Å². The minimum Gasteiger partial charge on any atom is -0.490 e. The Morgan fingerprint density at radius 3 is 2.64 bits per heavy atom. The Labute approximate surface area is 211 Å². The molecule has 172 valence electrons. The fourth-order valence-corrected chi connectivity index (χ4v) is 3.92. The molecule has 3 rings (SSSR count). The Morgan fingerprint density at radius 1 is 1.12 bits per heavy atom. The molecule has 3 aromatic rings. The summed E-state index contributed by atoms with van der Waals surface area (Å²) in [6.07, 6.45) is 1.52. The van der Waals surface area contributed by atoms with E-state index in [1.807, 2.05) is 50.2 Å². The fraction of sp³-hybridized carbons (Fsp3) is 0.167. The maximum absolute atomic E-state index is 12.1. The number of aryl methyl sites for hydroxylation is 1. The van der Waals surface area contributed by atoms with Crippen LogP contribution in [0.5, 0.6) is 11.5 Å². The van der Waals surface area contributed by atoms with E-state index in [-0.39, 0.29) is 6.61 Å². The van der Waals surface area contributed by atoms with Crippen molar-refractivity contribution in [3.8, 4) is 11.5 Å². The first-order valence-electron chi connectivity index (χ1n) is 10.1. The van der Waals surface area contributed by atoms with Crippen LogP contribution in [0.3, 0.4) is 0 Å². The number of halogens is 3. The van der Waals surface area contributed by atoms with Crippen molar-refractivity contribution in [2.45, 2.75) is 20.5 Å². The third kappa shape index (κ3) is 7.12. The van der Waals surface area contributed by atoms with Gasteiger partial charge in [0, 0.05) is 21.3 Å². The molecule has 6 nitrogen and oxygen atoms in total. The number of hydrogen-bond acceptors (Lipinski definition) is 4. The van der Waals surface area contributed by atoms with Crippen molar-refractivity contribution >= 4 is 57.1 Å². The molecular formula is C24H22BrCl2N3O3. The number of carbonyl (C=O) groups excluding carboxylic acids is 1. The monoisotopic (exact) mass is 549 g/mol. The SMILES string of the molecule is CCOc1cc(C=NNC(=O)Nc2ccccc2C)cc(Br)c1OCc1ccc(Cl)cc1Cl. The predicted molar refractivity (Wildman–Crippen MR) is 137 cm³/mol. The summed E-state index contributed by atoms with van der Waals surface area (Å²) in [7, 11) is 0. The molecule has 0 aliphatic rings. The molecular weight excluding hydrogens is 529 g/mol. The van der Waals surface area contributed by atoms with Gasteiger partial charge >= 0.3 is 6.03 Å². The van der Waals surface area contributed by atoms with Crippen LogP contribution in [0.4, 0.5) is 10.5 Å². The zero-order chi connectivity index (χ0) is 23.8. The molecule has 9 heteroatoms. The highest BCUT2D eigenvalue weighted by atomic mass is 79.9. The standard InChI is InChI=1S/C24H22BrCl2N3O3/c1-3-32-22-11-16(13-28-30-24(31)29-21-7-5-4-6-15(21)2)10-19(25)23(22)33-14-17-8-9-18(26)12-20(17)27/h4-13H,3,14H2,1-2H3,(H2,29,30,31). The summed E-state index contributed by atoms with van der Waals surface area (Å²) in [6.45, 7) is 4.48. The minimum absolute atomic E-state index is 0.239. The van der Waals surface area contributed by atoms with Crippen LogP contribution < -0.4 is 20.2 Å². The summed E-state index contributed by atoms with van der Waals surface area (Å²) in [4.78, 5) is 12.1. The molecule has 0 aliphatic heterocycles. The van der Waals surface area contributed by atoms with Crippen LogP contribution >= 0.6 is 39.1 Å². The average molecular weight is 551 g/mol. The van der Waals surface area contributed by atoms with E-state index in [9.17, 15) is 4.79 Å². The second-order valence-corrected chi connectivity index (χ2v) is 8.62. The van der Waals surface area contributed by atoms with Crippen LogP contribution in [0, 0.1) is 6.92 Å². The van der Waals surface area contributed by atoms with Crippen LogP contribution in [-0.2, 0) is 6.61 Å². The largest absolute Gasteiger partial charge is 0.490 e. The Kier molecular flexibility index (Phi) is 9.00. The molecule has 0 saturated heterocycles. The van der Waals surface area contributed by atoms with E-state index >= 15 is 0 Å². The number of hydrogen-bond donors (Lipinski definition) is 2. The van der Waals surface area contributed by atoms with Gasteiger partial charge in [-0.1, -0.05) is 47.5 Å². The molecule has 0 aromatic heterocycles. The highest BCUT2D eigenvalue weighted by Crippen LogP contribution is 2.37. The maximum Gasteiger partial charge on any atom is 0.339 e. The molecule has 0 aliphatic carbocycles. The number of urea groups is 1. The predicted octanol–water partition coefficient (Wildman–Crippen LogP) is 7.20. The minimum atomic E-state index is -0.440. The molecule has 3 aromatic carbocycles. The van der Waals surface area contributed by atoms with Crippen molar-refractivity contribution < 1.29 is 14.3 Å². The quantitative estimate of drug-likeness (QED) is 0.230. The van der Waals surface area contributed by atoms with E-state index in [0.717, 1.165) is 11.1 Å². The van der Waals surface area contributed by atoms with Crippen LogP contribution in [-0.4, -0.2) is 18.9 Å². The molecule has 0 radical (unpaired) electrons. The Bertz CT molecular complexity index is 1170. The molecule has 0 unspecified atom stereocenters. The molecule has 2 amide bonds. The number of anilines is 1. The van der Waals surface area contributed by atoms with Crippen LogP contribution in [0.15, 0.2) is 64.2 Å². The summed E-state index contributed by atoms with van der Waals surface area (Å²) < 4.78 is 12.4. The van der Waals surface area contributed by atoms with E-state index in [2.05, 4.69) is 31.8 Å². The van der Waals surface area contributed by atoms with Crippen molar-refractivity contribution in [3.63, 3.8) is 0 Å². The van der Waals surface area contributed by atoms with Crippen molar-refractivity contribution in [3.05, 3.63) is 85.8 Å². The number of hydrazone groups is 1. The molecule has 0 heterocycles. The number of benzene rings is 3. The second kappa shape index (κ2) is 11.9. The number of ether oxygens (including phenoxy) is 2. The third-order valence-electron chi connectivity index (χ3n) is 4.49. The van der Waals surface area contributed by atoms with Crippen molar-refractivity contribution in [1.29, 1.82) is 0 Å². The maximum atomic E-state index is 12.1. The van der Waals surface area contributed by atoms with Gasteiger partial charge in [-0.3, -0.25) is 0 Å². The summed E-state index contributed by atoms with van der Waals surface area (Å²) in [5, 5.41) is 7.85. The van der Waals surface area contributed by atoms with Gasteiger partial charge < -0.3 is 14.8 Å². The molecule has 33 heavy (non-hydrogen) atoms. The lowest BCUT2D eigenvalue weighted by Crippen LogP contribution is -2.24. The molecule has 0 spiro atoms. The molecule has 0 fully saturated rings. The number of rotatable bonds is 8. The average Bonchev–Trinajstić information content (AvgIpc) is 2.76. The van der Waals surface area contributed by atoms with E-state index in [1.54, 1.807) is 18.2 Å². The van der Waals surface area contributed by atoms with Gasteiger partial charge in [-0.25, -0.2) is 10.2 Å². The number of para-hydroxylation sites is 1. The second-order valence-electron chi connectivity index (χ2n) is 6.93. The summed E-state index contributed by atoms with van der Waals surface area (Å²) in [6, 6.07) is 15.9. The van der Waals surface area contributed by atoms with Gasteiger partial charge in [-0.15, -0.1) is 0 Å². The highest BCUT2D eigenvalue weighted by Gasteiger charge is 2.13. The van der Waals surface area contributed by atoms with E-state index in [4.69, 9.17) is 32.7 Å².